The first-order valence-corrected chi connectivity index (χ1v) is 9.80. The summed E-state index contributed by atoms with van der Waals surface area (Å²) in [6.07, 6.45) is 3.46. The van der Waals surface area contributed by atoms with Crippen LogP contribution in [0.4, 0.5) is 5.69 Å². The number of carboxylic acids is 1. The SMILES string of the molecule is COc1ccc(S(=O)(=O)N2C(C(=O)O)CC3CCCCC32)cc1[N+](=O)[O-]. The van der Waals surface area contributed by atoms with Crippen LogP contribution in [0.15, 0.2) is 23.1 Å². The molecule has 1 aliphatic carbocycles. The van der Waals surface area contributed by atoms with Crippen LogP contribution >= 0.6 is 0 Å². The second-order valence-corrected chi connectivity index (χ2v) is 8.47. The van der Waals surface area contributed by atoms with Gasteiger partial charge in [-0.1, -0.05) is 12.8 Å². The minimum Gasteiger partial charge on any atom is -0.490 e. The Balaban J connectivity index is 2.07. The maximum absolute atomic E-state index is 13.2. The van der Waals surface area contributed by atoms with Gasteiger partial charge in [-0.05, 0) is 37.3 Å². The third kappa shape index (κ3) is 3.03. The first kappa shape index (κ1) is 18.6. The predicted octanol–water partition coefficient (Wildman–Crippen LogP) is 2.01. The van der Waals surface area contributed by atoms with E-state index in [4.69, 9.17) is 4.74 Å². The highest BCUT2D eigenvalue weighted by Crippen LogP contribution is 2.43. The summed E-state index contributed by atoms with van der Waals surface area (Å²) < 4.78 is 32.3. The van der Waals surface area contributed by atoms with Crippen molar-refractivity contribution in [2.45, 2.75) is 49.1 Å². The number of nitrogens with zero attached hydrogens (tertiary/aromatic N) is 2. The van der Waals surface area contributed by atoms with Crippen LogP contribution in [-0.2, 0) is 14.8 Å². The monoisotopic (exact) mass is 384 g/mol. The van der Waals surface area contributed by atoms with Crippen LogP contribution in [-0.4, -0.2) is 47.9 Å². The Morgan fingerprint density at radius 1 is 1.35 bits per heavy atom. The van der Waals surface area contributed by atoms with Crippen molar-refractivity contribution in [2.24, 2.45) is 5.92 Å². The van der Waals surface area contributed by atoms with Gasteiger partial charge in [0.05, 0.1) is 16.9 Å². The van der Waals surface area contributed by atoms with Crippen LogP contribution in [0.25, 0.3) is 0 Å². The smallest absolute Gasteiger partial charge is 0.322 e. The molecule has 3 rings (SSSR count). The van der Waals surface area contributed by atoms with Gasteiger partial charge < -0.3 is 9.84 Å². The number of nitro groups is 1. The van der Waals surface area contributed by atoms with Crippen LogP contribution in [0, 0.1) is 16.0 Å². The molecule has 0 bridgehead atoms. The fraction of sp³-hybridized carbons (Fsp3) is 0.562. The fourth-order valence-electron chi connectivity index (χ4n) is 4.07. The van der Waals surface area contributed by atoms with Crippen LogP contribution in [0.2, 0.25) is 0 Å². The number of nitro benzene ring substituents is 1. The average Bonchev–Trinajstić information content (AvgIpc) is 3.01. The van der Waals surface area contributed by atoms with E-state index >= 15 is 0 Å². The molecule has 1 aromatic carbocycles. The van der Waals surface area contributed by atoms with Crippen molar-refractivity contribution in [2.75, 3.05) is 7.11 Å². The van der Waals surface area contributed by atoms with E-state index in [1.807, 2.05) is 0 Å². The molecule has 2 aliphatic rings. The molecule has 142 valence electrons. The van der Waals surface area contributed by atoms with Crippen molar-refractivity contribution in [3.63, 3.8) is 0 Å². The van der Waals surface area contributed by atoms with Crippen molar-refractivity contribution < 1.29 is 28.0 Å². The number of fused-ring (bicyclic) bond motifs is 1. The number of ether oxygens (including phenoxy) is 1. The van der Waals surface area contributed by atoms with Crippen molar-refractivity contribution in [1.82, 2.24) is 4.31 Å². The van der Waals surface area contributed by atoms with Gasteiger partial charge in [0, 0.05) is 12.1 Å². The van der Waals surface area contributed by atoms with Crippen molar-refractivity contribution in [3.05, 3.63) is 28.3 Å². The summed E-state index contributed by atoms with van der Waals surface area (Å²) in [5.74, 6) is -1.24. The quantitative estimate of drug-likeness (QED) is 0.607. The van der Waals surface area contributed by atoms with E-state index in [0.717, 1.165) is 29.6 Å². The normalized spacial score (nSPS) is 26.3. The van der Waals surface area contributed by atoms with E-state index in [9.17, 15) is 28.4 Å². The average molecular weight is 384 g/mol. The predicted molar refractivity (Wildman–Crippen MR) is 90.5 cm³/mol. The number of sulfonamides is 1. The molecule has 3 atom stereocenters. The Bertz CT molecular complexity index is 839. The summed E-state index contributed by atoms with van der Waals surface area (Å²) in [7, 11) is -2.94. The Labute approximate surface area is 150 Å². The Hall–Kier alpha value is -2.20. The van der Waals surface area contributed by atoms with E-state index in [2.05, 4.69) is 0 Å². The molecular weight excluding hydrogens is 364 g/mol. The molecule has 1 saturated carbocycles. The molecule has 26 heavy (non-hydrogen) atoms. The van der Waals surface area contributed by atoms with Gasteiger partial charge in [0.2, 0.25) is 10.0 Å². The molecule has 10 heteroatoms. The van der Waals surface area contributed by atoms with Gasteiger partial charge in [0.15, 0.2) is 5.75 Å². The molecule has 1 aromatic rings. The molecule has 1 aliphatic heterocycles. The standard InChI is InChI=1S/C16H20N2O7S/c1-25-15-7-6-11(9-13(15)18(21)22)26(23,24)17-12-5-3-2-4-10(12)8-14(17)16(19)20/h6-7,9-10,12,14H,2-5,8H2,1H3,(H,19,20). The van der Waals surface area contributed by atoms with Crippen molar-refractivity contribution in [1.29, 1.82) is 0 Å². The minimum atomic E-state index is -4.19. The summed E-state index contributed by atoms with van der Waals surface area (Å²) in [4.78, 5) is 21.9. The molecule has 3 unspecified atom stereocenters. The lowest BCUT2D eigenvalue weighted by Gasteiger charge is -2.32. The van der Waals surface area contributed by atoms with Gasteiger partial charge in [-0.25, -0.2) is 8.42 Å². The van der Waals surface area contributed by atoms with E-state index in [1.165, 1.54) is 19.2 Å². The zero-order valence-corrected chi connectivity index (χ0v) is 15.0. The maximum Gasteiger partial charge on any atom is 0.322 e. The summed E-state index contributed by atoms with van der Waals surface area (Å²) >= 11 is 0. The first-order chi connectivity index (χ1) is 12.3. The molecule has 0 aromatic heterocycles. The zero-order valence-electron chi connectivity index (χ0n) is 14.2. The number of rotatable bonds is 5. The number of methoxy groups -OCH3 is 1. The van der Waals surface area contributed by atoms with Gasteiger partial charge in [-0.15, -0.1) is 0 Å². The van der Waals surface area contributed by atoms with E-state index < -0.39 is 32.6 Å². The van der Waals surface area contributed by atoms with E-state index in [-0.39, 0.29) is 29.0 Å². The highest BCUT2D eigenvalue weighted by molar-refractivity contribution is 7.89. The van der Waals surface area contributed by atoms with E-state index in [0.29, 0.717) is 6.42 Å². The lowest BCUT2D eigenvalue weighted by molar-refractivity contribution is -0.386. The highest BCUT2D eigenvalue weighted by atomic mass is 32.2. The molecule has 0 amide bonds. The second-order valence-electron chi connectivity index (χ2n) is 6.63. The van der Waals surface area contributed by atoms with Gasteiger partial charge in [0.25, 0.3) is 0 Å². The molecule has 1 N–H and O–H groups in total. The molecule has 9 nitrogen and oxygen atoms in total. The zero-order chi connectivity index (χ0) is 19.1. The first-order valence-electron chi connectivity index (χ1n) is 8.36. The number of hydrogen-bond donors (Lipinski definition) is 1. The second kappa shape index (κ2) is 6.84. The topological polar surface area (TPSA) is 127 Å². The largest absolute Gasteiger partial charge is 0.490 e. The van der Waals surface area contributed by atoms with Crippen molar-refractivity contribution in [3.8, 4) is 5.75 Å². The number of carbonyl (C=O) groups is 1. The van der Waals surface area contributed by atoms with Crippen molar-refractivity contribution >= 4 is 21.7 Å². The van der Waals surface area contributed by atoms with E-state index in [1.54, 1.807) is 0 Å². The molecular formula is C16H20N2O7S. The van der Waals surface area contributed by atoms with Crippen LogP contribution in [0.1, 0.15) is 32.1 Å². The molecule has 1 heterocycles. The molecule has 1 saturated heterocycles. The third-order valence-electron chi connectivity index (χ3n) is 5.24. The van der Waals surface area contributed by atoms with Crippen LogP contribution in [0.3, 0.4) is 0 Å². The molecule has 0 spiro atoms. The summed E-state index contributed by atoms with van der Waals surface area (Å²) in [6.45, 7) is 0. The Morgan fingerprint density at radius 3 is 2.65 bits per heavy atom. The fourth-order valence-corrected chi connectivity index (χ4v) is 5.96. The lowest BCUT2D eigenvalue weighted by atomic mass is 9.85. The summed E-state index contributed by atoms with van der Waals surface area (Å²) in [5, 5.41) is 20.7. The molecule has 0 radical (unpaired) electrons. The maximum atomic E-state index is 13.2. The number of hydrogen-bond acceptors (Lipinski definition) is 6. The Kier molecular flexibility index (Phi) is 4.89. The van der Waals surface area contributed by atoms with Crippen LogP contribution in [0.5, 0.6) is 5.75 Å². The summed E-state index contributed by atoms with van der Waals surface area (Å²) in [5.41, 5.74) is -0.472. The highest BCUT2D eigenvalue weighted by Gasteiger charge is 2.51. The Morgan fingerprint density at radius 2 is 2.04 bits per heavy atom. The van der Waals surface area contributed by atoms with Gasteiger partial charge in [0.1, 0.15) is 6.04 Å². The van der Waals surface area contributed by atoms with Gasteiger partial charge in [-0.3, -0.25) is 14.9 Å². The summed E-state index contributed by atoms with van der Waals surface area (Å²) in [6, 6.07) is 1.85. The number of benzene rings is 1. The van der Waals surface area contributed by atoms with Gasteiger partial charge in [-0.2, -0.15) is 4.31 Å². The number of carboxylic acid groups (broad SMARTS) is 1. The minimum absolute atomic E-state index is 0.00728. The lowest BCUT2D eigenvalue weighted by Crippen LogP contribution is -2.46. The number of aliphatic carboxylic acids is 1. The van der Waals surface area contributed by atoms with Gasteiger partial charge >= 0.3 is 11.7 Å². The third-order valence-corrected chi connectivity index (χ3v) is 7.17. The van der Waals surface area contributed by atoms with Crippen LogP contribution < -0.4 is 4.74 Å². The molecule has 2 fully saturated rings.